The number of carbonyl (C=O) groups is 1. The number of urea groups is 1. The largest absolute Gasteiger partial charge is 0.497 e. The summed E-state index contributed by atoms with van der Waals surface area (Å²) < 4.78 is 10.8. The maximum Gasteiger partial charge on any atom is 0.321 e. The monoisotopic (exact) mass is 341 g/mol. The zero-order valence-electron chi connectivity index (χ0n) is 14.6. The topological polar surface area (TPSA) is 54.0 Å². The van der Waals surface area contributed by atoms with Gasteiger partial charge in [0.25, 0.3) is 0 Å². The Morgan fingerprint density at radius 3 is 2.32 bits per heavy atom. The summed E-state index contributed by atoms with van der Waals surface area (Å²) in [4.78, 5) is 16.4. The minimum atomic E-state index is -0.0662. The molecule has 2 amide bonds. The third kappa shape index (κ3) is 3.96. The van der Waals surface area contributed by atoms with E-state index in [1.807, 2.05) is 53.4 Å². The number of amides is 2. The van der Waals surface area contributed by atoms with E-state index in [-0.39, 0.29) is 6.03 Å². The molecule has 1 saturated heterocycles. The highest BCUT2D eigenvalue weighted by Gasteiger charge is 2.23. The molecule has 132 valence electrons. The lowest BCUT2D eigenvalue weighted by atomic mass is 10.2. The molecule has 0 saturated carbocycles. The molecule has 1 aliphatic rings. The predicted molar refractivity (Wildman–Crippen MR) is 98.8 cm³/mol. The lowest BCUT2D eigenvalue weighted by Gasteiger charge is -2.36. The van der Waals surface area contributed by atoms with Gasteiger partial charge in [-0.2, -0.15) is 0 Å². The van der Waals surface area contributed by atoms with Crippen LogP contribution in [-0.2, 0) is 0 Å². The third-order valence-corrected chi connectivity index (χ3v) is 4.32. The number of benzene rings is 2. The fraction of sp³-hybridized carbons (Fsp3) is 0.316. The molecule has 0 atom stereocenters. The first-order valence-corrected chi connectivity index (χ1v) is 8.29. The van der Waals surface area contributed by atoms with Crippen LogP contribution >= 0.6 is 0 Å². The van der Waals surface area contributed by atoms with E-state index >= 15 is 0 Å². The molecule has 0 spiro atoms. The zero-order valence-corrected chi connectivity index (χ0v) is 14.6. The van der Waals surface area contributed by atoms with Crippen molar-refractivity contribution in [2.24, 2.45) is 0 Å². The summed E-state index contributed by atoms with van der Waals surface area (Å²) in [6.07, 6.45) is 0. The number of methoxy groups -OCH3 is 2. The van der Waals surface area contributed by atoms with E-state index in [1.54, 1.807) is 14.2 Å². The van der Waals surface area contributed by atoms with Gasteiger partial charge in [-0.05, 0) is 24.3 Å². The number of anilines is 2. The van der Waals surface area contributed by atoms with E-state index in [1.165, 1.54) is 0 Å². The van der Waals surface area contributed by atoms with Gasteiger partial charge < -0.3 is 24.6 Å². The molecule has 6 nitrogen and oxygen atoms in total. The van der Waals surface area contributed by atoms with Crippen LogP contribution in [0.4, 0.5) is 16.2 Å². The lowest BCUT2D eigenvalue weighted by molar-refractivity contribution is 0.208. The fourth-order valence-corrected chi connectivity index (χ4v) is 2.92. The fourth-order valence-electron chi connectivity index (χ4n) is 2.92. The van der Waals surface area contributed by atoms with Crippen molar-refractivity contribution in [2.75, 3.05) is 50.6 Å². The number of hydrogen-bond donors (Lipinski definition) is 1. The molecule has 0 unspecified atom stereocenters. The molecular formula is C19H23N3O3. The number of nitrogens with zero attached hydrogens (tertiary/aromatic N) is 2. The summed E-state index contributed by atoms with van der Waals surface area (Å²) in [5.41, 5.74) is 1.80. The van der Waals surface area contributed by atoms with E-state index < -0.39 is 0 Å². The molecule has 0 radical (unpaired) electrons. The van der Waals surface area contributed by atoms with Crippen molar-refractivity contribution in [2.45, 2.75) is 0 Å². The smallest absolute Gasteiger partial charge is 0.321 e. The van der Waals surface area contributed by atoms with Crippen LogP contribution in [-0.4, -0.2) is 51.3 Å². The number of rotatable bonds is 4. The SMILES string of the molecule is COc1ccc(OC)c(N2CCN(C(=O)Nc3ccccc3)CC2)c1. The molecule has 25 heavy (non-hydrogen) atoms. The zero-order chi connectivity index (χ0) is 17.6. The van der Waals surface area contributed by atoms with Gasteiger partial charge in [0, 0.05) is 37.9 Å². The average Bonchev–Trinajstić information content (AvgIpc) is 2.68. The van der Waals surface area contributed by atoms with Gasteiger partial charge in [0.05, 0.1) is 19.9 Å². The van der Waals surface area contributed by atoms with Gasteiger partial charge in [0.1, 0.15) is 11.5 Å². The summed E-state index contributed by atoms with van der Waals surface area (Å²) in [5.74, 6) is 1.60. The van der Waals surface area contributed by atoms with Crippen molar-refractivity contribution < 1.29 is 14.3 Å². The number of nitrogens with one attached hydrogen (secondary N) is 1. The Hall–Kier alpha value is -2.89. The van der Waals surface area contributed by atoms with Crippen molar-refractivity contribution in [3.05, 3.63) is 48.5 Å². The highest BCUT2D eigenvalue weighted by atomic mass is 16.5. The molecule has 3 rings (SSSR count). The van der Waals surface area contributed by atoms with E-state index in [4.69, 9.17) is 9.47 Å². The van der Waals surface area contributed by atoms with E-state index in [2.05, 4.69) is 10.2 Å². The van der Waals surface area contributed by atoms with Gasteiger partial charge in [-0.15, -0.1) is 0 Å². The van der Waals surface area contributed by atoms with Crippen LogP contribution in [0.5, 0.6) is 11.5 Å². The van der Waals surface area contributed by atoms with Crippen molar-refractivity contribution in [1.82, 2.24) is 4.90 Å². The first-order valence-electron chi connectivity index (χ1n) is 8.29. The number of ether oxygens (including phenoxy) is 2. The first-order chi connectivity index (χ1) is 12.2. The van der Waals surface area contributed by atoms with Gasteiger partial charge in [0.2, 0.25) is 0 Å². The molecule has 1 N–H and O–H groups in total. The second-order valence-corrected chi connectivity index (χ2v) is 5.81. The number of para-hydroxylation sites is 1. The van der Waals surface area contributed by atoms with Gasteiger partial charge >= 0.3 is 6.03 Å². The predicted octanol–water partition coefficient (Wildman–Crippen LogP) is 3.06. The Kier molecular flexibility index (Phi) is 5.28. The van der Waals surface area contributed by atoms with Crippen LogP contribution in [0.1, 0.15) is 0 Å². The number of piperazine rings is 1. The van der Waals surface area contributed by atoms with Crippen molar-refractivity contribution in [1.29, 1.82) is 0 Å². The van der Waals surface area contributed by atoms with Gasteiger partial charge in [0.15, 0.2) is 0 Å². The Morgan fingerprint density at radius 1 is 0.960 bits per heavy atom. The van der Waals surface area contributed by atoms with Gasteiger partial charge in [-0.3, -0.25) is 0 Å². The summed E-state index contributed by atoms with van der Waals surface area (Å²) in [6, 6.07) is 15.2. The Labute approximate surface area is 147 Å². The summed E-state index contributed by atoms with van der Waals surface area (Å²) >= 11 is 0. The molecule has 0 aliphatic carbocycles. The van der Waals surface area contributed by atoms with Crippen LogP contribution in [0.25, 0.3) is 0 Å². The van der Waals surface area contributed by atoms with E-state index in [0.717, 1.165) is 36.0 Å². The Balaban J connectivity index is 1.63. The van der Waals surface area contributed by atoms with Crippen LogP contribution in [0.15, 0.2) is 48.5 Å². The minimum Gasteiger partial charge on any atom is -0.497 e. The Morgan fingerprint density at radius 2 is 1.68 bits per heavy atom. The van der Waals surface area contributed by atoms with E-state index in [9.17, 15) is 4.79 Å². The normalized spacial score (nSPS) is 14.2. The number of carbonyl (C=O) groups excluding carboxylic acids is 1. The molecule has 1 aliphatic heterocycles. The third-order valence-electron chi connectivity index (χ3n) is 4.32. The number of hydrogen-bond acceptors (Lipinski definition) is 4. The molecular weight excluding hydrogens is 318 g/mol. The standard InChI is InChI=1S/C19H23N3O3/c1-24-16-8-9-18(25-2)17(14-16)21-10-12-22(13-11-21)19(23)20-15-6-4-3-5-7-15/h3-9,14H,10-13H2,1-2H3,(H,20,23). The average molecular weight is 341 g/mol. The molecule has 1 heterocycles. The van der Waals surface area contributed by atoms with Gasteiger partial charge in [-0.25, -0.2) is 4.79 Å². The second-order valence-electron chi connectivity index (χ2n) is 5.81. The summed E-state index contributed by atoms with van der Waals surface area (Å²) in [6.45, 7) is 2.79. The highest BCUT2D eigenvalue weighted by Crippen LogP contribution is 2.32. The quantitative estimate of drug-likeness (QED) is 0.929. The van der Waals surface area contributed by atoms with Crippen molar-refractivity contribution in [3.63, 3.8) is 0 Å². The second kappa shape index (κ2) is 7.79. The molecule has 6 heteroatoms. The van der Waals surface area contributed by atoms with E-state index in [0.29, 0.717) is 13.1 Å². The molecule has 0 aromatic heterocycles. The maximum atomic E-state index is 12.4. The maximum absolute atomic E-state index is 12.4. The van der Waals surface area contributed by atoms with Crippen LogP contribution < -0.4 is 19.7 Å². The molecule has 0 bridgehead atoms. The lowest BCUT2D eigenvalue weighted by Crippen LogP contribution is -2.50. The van der Waals surface area contributed by atoms with Gasteiger partial charge in [-0.1, -0.05) is 18.2 Å². The molecule has 1 fully saturated rings. The molecule has 2 aromatic carbocycles. The van der Waals surface area contributed by atoms with Crippen LogP contribution in [0.3, 0.4) is 0 Å². The van der Waals surface area contributed by atoms with Crippen LogP contribution in [0, 0.1) is 0 Å². The molecule has 2 aromatic rings. The first kappa shape index (κ1) is 17.0. The summed E-state index contributed by atoms with van der Waals surface area (Å²) in [7, 11) is 3.31. The van der Waals surface area contributed by atoms with Crippen molar-refractivity contribution >= 4 is 17.4 Å². The summed E-state index contributed by atoms with van der Waals surface area (Å²) in [5, 5.41) is 2.93. The highest BCUT2D eigenvalue weighted by molar-refractivity contribution is 5.89. The van der Waals surface area contributed by atoms with Crippen LogP contribution in [0.2, 0.25) is 0 Å². The van der Waals surface area contributed by atoms with Crippen molar-refractivity contribution in [3.8, 4) is 11.5 Å². The minimum absolute atomic E-state index is 0.0662. The Bertz CT molecular complexity index is 713.